The minimum Gasteiger partial charge on any atom is -0.480 e. The van der Waals surface area contributed by atoms with E-state index in [4.69, 9.17) is 0 Å². The van der Waals surface area contributed by atoms with E-state index in [-0.39, 0.29) is 11.1 Å². The average Bonchev–Trinajstić information content (AvgIpc) is 2.60. The maximum Gasteiger partial charge on any atom is 0.416 e. The van der Waals surface area contributed by atoms with Gasteiger partial charge in [0.05, 0.1) is 11.1 Å². The molecule has 0 aliphatic heterocycles. The van der Waals surface area contributed by atoms with Crippen LogP contribution in [0.4, 0.5) is 26.3 Å². The van der Waals surface area contributed by atoms with Crippen molar-refractivity contribution in [2.45, 2.75) is 24.8 Å². The first-order chi connectivity index (χ1) is 12.9. The second-order valence-electron chi connectivity index (χ2n) is 5.80. The summed E-state index contributed by atoms with van der Waals surface area (Å²) in [5.74, 6) is -2.61. The maximum absolute atomic E-state index is 13.0. The Bertz CT molecular complexity index is 859. The van der Waals surface area contributed by atoms with Crippen molar-refractivity contribution in [2.75, 3.05) is 0 Å². The molecule has 2 N–H and O–H groups in total. The Hall–Kier alpha value is -3.04. The summed E-state index contributed by atoms with van der Waals surface area (Å²) < 4.78 is 76.7. The van der Waals surface area contributed by atoms with E-state index < -0.39 is 47.8 Å². The van der Waals surface area contributed by atoms with Gasteiger partial charge in [-0.25, -0.2) is 4.79 Å². The van der Waals surface area contributed by atoms with Gasteiger partial charge in [0, 0.05) is 12.0 Å². The summed E-state index contributed by atoms with van der Waals surface area (Å²) in [5, 5.41) is 11.3. The van der Waals surface area contributed by atoms with E-state index in [0.717, 1.165) is 30.3 Å². The van der Waals surface area contributed by atoms with E-state index in [0.29, 0.717) is 12.1 Å². The molecule has 1 amide bonds. The molecule has 2 aromatic rings. The van der Waals surface area contributed by atoms with Crippen LogP contribution < -0.4 is 5.32 Å². The summed E-state index contributed by atoms with van der Waals surface area (Å²) in [7, 11) is 0. The first kappa shape index (κ1) is 21.3. The van der Waals surface area contributed by atoms with Crippen LogP contribution in [0, 0.1) is 0 Å². The van der Waals surface area contributed by atoms with Gasteiger partial charge in [-0.15, -0.1) is 0 Å². The van der Waals surface area contributed by atoms with Gasteiger partial charge >= 0.3 is 18.3 Å². The maximum atomic E-state index is 13.0. The number of rotatable bonds is 5. The normalized spacial score (nSPS) is 13.1. The molecule has 0 heterocycles. The molecule has 2 rings (SSSR count). The van der Waals surface area contributed by atoms with E-state index >= 15 is 0 Å². The molecule has 4 nitrogen and oxygen atoms in total. The van der Waals surface area contributed by atoms with Crippen molar-refractivity contribution in [1.29, 1.82) is 0 Å². The standard InChI is InChI=1S/C18H13F6NO3/c19-17(20,21)12-7-5-10(6-8-12)15(26)25-14(16(27)28)9-11-3-1-2-4-13(11)18(22,23)24/h1-8,14H,9H2,(H,25,26)(H,27,28)/t14-/m0/s1. The van der Waals surface area contributed by atoms with Crippen LogP contribution in [-0.2, 0) is 23.6 Å². The lowest BCUT2D eigenvalue weighted by molar-refractivity contribution is -0.141. The minimum absolute atomic E-state index is 0.261. The van der Waals surface area contributed by atoms with Gasteiger partial charge in [-0.05, 0) is 35.9 Å². The number of carbonyl (C=O) groups is 2. The van der Waals surface area contributed by atoms with Crippen molar-refractivity contribution in [3.8, 4) is 0 Å². The van der Waals surface area contributed by atoms with Crippen LogP contribution in [0.3, 0.4) is 0 Å². The molecule has 150 valence electrons. The number of benzene rings is 2. The van der Waals surface area contributed by atoms with Gasteiger partial charge in [-0.1, -0.05) is 18.2 Å². The molecule has 1 atom stereocenters. The Morgan fingerprint density at radius 3 is 1.96 bits per heavy atom. The van der Waals surface area contributed by atoms with Crippen molar-refractivity contribution in [3.05, 3.63) is 70.8 Å². The Kier molecular flexibility index (Phi) is 6.01. The lowest BCUT2D eigenvalue weighted by Crippen LogP contribution is -2.42. The third-order valence-electron chi connectivity index (χ3n) is 3.82. The highest BCUT2D eigenvalue weighted by Crippen LogP contribution is 2.32. The predicted molar refractivity (Wildman–Crippen MR) is 85.5 cm³/mol. The number of carbonyl (C=O) groups excluding carboxylic acids is 1. The van der Waals surface area contributed by atoms with Gasteiger partial charge in [-0.3, -0.25) is 4.79 Å². The molecule has 0 saturated heterocycles. The molecule has 10 heteroatoms. The van der Waals surface area contributed by atoms with Crippen LogP contribution >= 0.6 is 0 Å². The molecular formula is C18H13F6NO3. The van der Waals surface area contributed by atoms with Crippen LogP contribution in [0.25, 0.3) is 0 Å². The van der Waals surface area contributed by atoms with Crippen molar-refractivity contribution in [3.63, 3.8) is 0 Å². The van der Waals surface area contributed by atoms with Gasteiger partial charge in [0.25, 0.3) is 5.91 Å². The quantitative estimate of drug-likeness (QED) is 0.735. The number of hydrogen-bond donors (Lipinski definition) is 2. The fraction of sp³-hybridized carbons (Fsp3) is 0.222. The zero-order chi connectivity index (χ0) is 21.1. The van der Waals surface area contributed by atoms with Crippen LogP contribution in [0.5, 0.6) is 0 Å². The molecule has 2 aromatic carbocycles. The molecule has 0 radical (unpaired) electrons. The van der Waals surface area contributed by atoms with E-state index in [9.17, 15) is 41.0 Å². The Morgan fingerprint density at radius 2 is 1.46 bits per heavy atom. The topological polar surface area (TPSA) is 66.4 Å². The number of aliphatic carboxylic acids is 1. The van der Waals surface area contributed by atoms with Gasteiger partial charge in [0.1, 0.15) is 6.04 Å². The fourth-order valence-corrected chi connectivity index (χ4v) is 2.45. The number of carboxylic acids is 1. The summed E-state index contributed by atoms with van der Waals surface area (Å²) >= 11 is 0. The first-order valence-electron chi connectivity index (χ1n) is 7.75. The lowest BCUT2D eigenvalue weighted by atomic mass is 9.99. The Morgan fingerprint density at radius 1 is 0.893 bits per heavy atom. The van der Waals surface area contributed by atoms with Gasteiger partial charge in [0.15, 0.2) is 0 Å². The smallest absolute Gasteiger partial charge is 0.416 e. The summed E-state index contributed by atoms with van der Waals surface area (Å²) in [5.41, 5.74) is -2.64. The van der Waals surface area contributed by atoms with E-state index in [1.165, 1.54) is 6.07 Å². The summed E-state index contributed by atoms with van der Waals surface area (Å²) in [6, 6.07) is 5.58. The van der Waals surface area contributed by atoms with Gasteiger partial charge in [-0.2, -0.15) is 26.3 Å². The molecule has 0 aliphatic carbocycles. The third kappa shape index (κ3) is 5.24. The minimum atomic E-state index is -4.71. The predicted octanol–water partition coefficient (Wildman–Crippen LogP) is 4.15. The number of halogens is 6. The Balaban J connectivity index is 2.20. The number of hydrogen-bond acceptors (Lipinski definition) is 2. The van der Waals surface area contributed by atoms with Crippen LogP contribution in [0.1, 0.15) is 27.0 Å². The van der Waals surface area contributed by atoms with Crippen LogP contribution in [-0.4, -0.2) is 23.0 Å². The third-order valence-corrected chi connectivity index (χ3v) is 3.82. The van der Waals surface area contributed by atoms with Crippen molar-refractivity contribution < 1.29 is 41.0 Å². The van der Waals surface area contributed by atoms with E-state index in [1.807, 2.05) is 5.32 Å². The number of amides is 1. The second-order valence-corrected chi connectivity index (χ2v) is 5.80. The average molecular weight is 405 g/mol. The Labute approximate surface area is 154 Å². The largest absolute Gasteiger partial charge is 0.480 e. The van der Waals surface area contributed by atoms with Crippen molar-refractivity contribution in [2.24, 2.45) is 0 Å². The van der Waals surface area contributed by atoms with Crippen LogP contribution in [0.15, 0.2) is 48.5 Å². The molecule has 0 bridgehead atoms. The number of nitrogens with one attached hydrogen (secondary N) is 1. The highest BCUT2D eigenvalue weighted by Gasteiger charge is 2.34. The SMILES string of the molecule is O=C(N[C@@H](Cc1ccccc1C(F)(F)F)C(=O)O)c1ccc(C(F)(F)F)cc1. The zero-order valence-corrected chi connectivity index (χ0v) is 13.9. The molecule has 0 aromatic heterocycles. The summed E-state index contributed by atoms with van der Waals surface area (Å²) in [4.78, 5) is 23.5. The molecular weight excluding hydrogens is 392 g/mol. The molecule has 0 saturated carbocycles. The van der Waals surface area contributed by atoms with Crippen LogP contribution in [0.2, 0.25) is 0 Å². The monoisotopic (exact) mass is 405 g/mol. The highest BCUT2D eigenvalue weighted by atomic mass is 19.4. The summed E-state index contributed by atoms with van der Waals surface area (Å²) in [6.45, 7) is 0. The molecule has 0 unspecified atom stereocenters. The van der Waals surface area contributed by atoms with Gasteiger partial charge in [0.2, 0.25) is 0 Å². The molecule has 0 spiro atoms. The lowest BCUT2D eigenvalue weighted by Gasteiger charge is -2.18. The number of carboxylic acid groups (broad SMARTS) is 1. The first-order valence-corrected chi connectivity index (χ1v) is 7.75. The highest BCUT2D eigenvalue weighted by molar-refractivity contribution is 5.96. The molecule has 28 heavy (non-hydrogen) atoms. The zero-order valence-electron chi connectivity index (χ0n) is 13.9. The second kappa shape index (κ2) is 7.91. The number of alkyl halides is 6. The van der Waals surface area contributed by atoms with Crippen molar-refractivity contribution in [1.82, 2.24) is 5.32 Å². The van der Waals surface area contributed by atoms with E-state index in [2.05, 4.69) is 0 Å². The fourth-order valence-electron chi connectivity index (χ4n) is 2.45. The molecule has 0 fully saturated rings. The molecule has 0 aliphatic rings. The van der Waals surface area contributed by atoms with Crippen molar-refractivity contribution >= 4 is 11.9 Å². The summed E-state index contributed by atoms with van der Waals surface area (Å²) in [6.07, 6.45) is -9.98. The van der Waals surface area contributed by atoms with Gasteiger partial charge < -0.3 is 10.4 Å². The van der Waals surface area contributed by atoms with E-state index in [1.54, 1.807) is 0 Å².